The maximum absolute atomic E-state index is 13.2. The van der Waals surface area contributed by atoms with Crippen molar-refractivity contribution in [1.82, 2.24) is 14.9 Å². The number of ether oxygens (including phenoxy) is 1. The van der Waals surface area contributed by atoms with Crippen molar-refractivity contribution in [3.05, 3.63) is 59.9 Å². The van der Waals surface area contributed by atoms with Crippen molar-refractivity contribution >= 4 is 17.5 Å². The summed E-state index contributed by atoms with van der Waals surface area (Å²) in [5.41, 5.74) is 2.67. The minimum Gasteiger partial charge on any atom is -0.494 e. The molecule has 0 amide bonds. The maximum atomic E-state index is 13.2. The van der Waals surface area contributed by atoms with Crippen LogP contribution in [-0.4, -0.2) is 32.4 Å². The summed E-state index contributed by atoms with van der Waals surface area (Å²) in [6.45, 7) is 4.63. The molecule has 0 bridgehead atoms. The summed E-state index contributed by atoms with van der Waals surface area (Å²) in [5.74, 6) is 1.22. The highest BCUT2D eigenvalue weighted by molar-refractivity contribution is 8.00. The van der Waals surface area contributed by atoms with Crippen molar-refractivity contribution in [3.63, 3.8) is 0 Å². The first-order valence-corrected chi connectivity index (χ1v) is 9.24. The molecule has 1 atom stereocenters. The smallest absolute Gasteiger partial charge is 0.213 e. The Labute approximate surface area is 154 Å². The number of benzene rings is 2. The number of halogens is 1. The summed E-state index contributed by atoms with van der Waals surface area (Å²) in [6.07, 6.45) is 0. The van der Waals surface area contributed by atoms with Crippen molar-refractivity contribution in [2.75, 3.05) is 6.61 Å². The molecule has 5 nitrogen and oxygen atoms in total. The second kappa shape index (κ2) is 6.92. The molecular weight excluding hydrogens is 351 g/mol. The summed E-state index contributed by atoms with van der Waals surface area (Å²) >= 11 is 1.59. The van der Waals surface area contributed by atoms with Gasteiger partial charge in [-0.15, -0.1) is 10.2 Å². The second-order valence-corrected chi connectivity index (χ2v) is 7.14. The van der Waals surface area contributed by atoms with E-state index in [2.05, 4.69) is 17.1 Å². The van der Waals surface area contributed by atoms with E-state index in [1.807, 2.05) is 31.2 Å². The van der Waals surface area contributed by atoms with Gasteiger partial charge in [-0.3, -0.25) is 0 Å². The van der Waals surface area contributed by atoms with Crippen molar-refractivity contribution in [2.24, 2.45) is 5.10 Å². The first-order chi connectivity index (χ1) is 12.7. The summed E-state index contributed by atoms with van der Waals surface area (Å²) in [4.78, 5) is 0. The fourth-order valence-electron chi connectivity index (χ4n) is 2.79. The summed E-state index contributed by atoms with van der Waals surface area (Å²) < 4.78 is 20.5. The van der Waals surface area contributed by atoms with Crippen LogP contribution in [0.25, 0.3) is 11.4 Å². The van der Waals surface area contributed by atoms with Crippen LogP contribution in [0.5, 0.6) is 5.75 Å². The third kappa shape index (κ3) is 3.10. The number of rotatable bonds is 4. The molecule has 4 rings (SSSR count). The van der Waals surface area contributed by atoms with Crippen LogP contribution in [0.1, 0.15) is 19.4 Å². The molecule has 0 radical (unpaired) electrons. The van der Waals surface area contributed by atoms with Gasteiger partial charge in [-0.05, 0) is 55.8 Å². The zero-order valence-corrected chi connectivity index (χ0v) is 15.2. The molecule has 0 fully saturated rings. The first kappa shape index (κ1) is 16.8. The summed E-state index contributed by atoms with van der Waals surface area (Å²) in [7, 11) is 0. The SMILES string of the molecule is CCOc1ccc(-c2nnc3n2N=C(c2ccc(F)cc2)[C@H](C)S3)cc1. The first-order valence-electron chi connectivity index (χ1n) is 8.36. The standard InChI is InChI=1S/C19H17FN4OS/c1-3-25-16-10-6-14(7-11-16)18-21-22-19-24(18)23-17(12(2)26-19)13-4-8-15(20)9-5-13/h4-12H,3H2,1-2H3/t12-/m0/s1. The van der Waals surface area contributed by atoms with E-state index in [1.54, 1.807) is 28.6 Å². The molecule has 2 heterocycles. The average molecular weight is 368 g/mol. The lowest BCUT2D eigenvalue weighted by Crippen LogP contribution is -2.21. The van der Waals surface area contributed by atoms with Gasteiger partial charge in [0.05, 0.1) is 17.6 Å². The Balaban J connectivity index is 1.74. The predicted molar refractivity (Wildman–Crippen MR) is 100 cm³/mol. The van der Waals surface area contributed by atoms with Crippen LogP contribution in [0.2, 0.25) is 0 Å². The largest absolute Gasteiger partial charge is 0.494 e. The molecule has 0 N–H and O–H groups in total. The second-order valence-electron chi connectivity index (χ2n) is 5.83. The van der Waals surface area contributed by atoms with E-state index in [9.17, 15) is 4.39 Å². The van der Waals surface area contributed by atoms with E-state index in [-0.39, 0.29) is 11.1 Å². The average Bonchev–Trinajstić information content (AvgIpc) is 3.05. The van der Waals surface area contributed by atoms with E-state index >= 15 is 0 Å². The summed E-state index contributed by atoms with van der Waals surface area (Å²) in [5, 5.41) is 14.2. The highest BCUT2D eigenvalue weighted by Crippen LogP contribution is 2.33. The maximum Gasteiger partial charge on any atom is 0.213 e. The molecule has 0 aliphatic carbocycles. The number of fused-ring (bicyclic) bond motifs is 1. The number of aromatic nitrogens is 3. The number of nitrogens with zero attached hydrogens (tertiary/aromatic N) is 4. The molecule has 2 aromatic carbocycles. The third-order valence-electron chi connectivity index (χ3n) is 4.05. The van der Waals surface area contributed by atoms with E-state index in [4.69, 9.17) is 9.84 Å². The minimum absolute atomic E-state index is 0.102. The zero-order valence-electron chi connectivity index (χ0n) is 14.4. The normalized spacial score (nSPS) is 16.1. The molecule has 1 aromatic heterocycles. The molecule has 3 aromatic rings. The van der Waals surface area contributed by atoms with Crippen LogP contribution < -0.4 is 4.74 Å². The van der Waals surface area contributed by atoms with Crippen LogP contribution in [0.15, 0.2) is 58.8 Å². The van der Waals surface area contributed by atoms with Gasteiger partial charge < -0.3 is 4.74 Å². The van der Waals surface area contributed by atoms with Crippen LogP contribution in [0.3, 0.4) is 0 Å². The van der Waals surface area contributed by atoms with Crippen LogP contribution >= 0.6 is 11.8 Å². The van der Waals surface area contributed by atoms with Crippen molar-refractivity contribution < 1.29 is 9.13 Å². The highest BCUT2D eigenvalue weighted by atomic mass is 32.2. The van der Waals surface area contributed by atoms with Gasteiger partial charge in [0.1, 0.15) is 11.6 Å². The Morgan fingerprint density at radius 2 is 1.73 bits per heavy atom. The lowest BCUT2D eigenvalue weighted by molar-refractivity contribution is 0.340. The minimum atomic E-state index is -0.259. The summed E-state index contributed by atoms with van der Waals surface area (Å²) in [6, 6.07) is 14.1. The molecule has 0 unspecified atom stereocenters. The Morgan fingerprint density at radius 1 is 1.04 bits per heavy atom. The number of hydrogen-bond acceptors (Lipinski definition) is 5. The third-order valence-corrected chi connectivity index (χ3v) is 5.09. The molecule has 132 valence electrons. The molecule has 0 saturated carbocycles. The Morgan fingerprint density at radius 3 is 2.42 bits per heavy atom. The molecule has 0 spiro atoms. The lowest BCUT2D eigenvalue weighted by atomic mass is 10.1. The molecule has 1 aliphatic heterocycles. The molecule has 0 saturated heterocycles. The molecule has 1 aliphatic rings. The van der Waals surface area contributed by atoms with Gasteiger partial charge >= 0.3 is 0 Å². The number of thioether (sulfide) groups is 1. The zero-order chi connectivity index (χ0) is 18.1. The molecule has 26 heavy (non-hydrogen) atoms. The van der Waals surface area contributed by atoms with Crippen LogP contribution in [-0.2, 0) is 0 Å². The van der Waals surface area contributed by atoms with Gasteiger partial charge in [-0.2, -0.15) is 9.78 Å². The van der Waals surface area contributed by atoms with Gasteiger partial charge in [0.25, 0.3) is 0 Å². The van der Waals surface area contributed by atoms with Gasteiger partial charge in [0.15, 0.2) is 5.82 Å². The van der Waals surface area contributed by atoms with E-state index in [1.165, 1.54) is 12.1 Å². The Hall–Kier alpha value is -2.67. The lowest BCUT2D eigenvalue weighted by Gasteiger charge is -2.20. The van der Waals surface area contributed by atoms with Crippen molar-refractivity contribution in [1.29, 1.82) is 0 Å². The van der Waals surface area contributed by atoms with Crippen molar-refractivity contribution in [3.8, 4) is 17.1 Å². The van der Waals surface area contributed by atoms with Gasteiger partial charge in [-0.25, -0.2) is 4.39 Å². The van der Waals surface area contributed by atoms with E-state index in [0.717, 1.165) is 27.7 Å². The van der Waals surface area contributed by atoms with Gasteiger partial charge in [0.2, 0.25) is 5.16 Å². The molecular formula is C19H17FN4OS. The van der Waals surface area contributed by atoms with Crippen molar-refractivity contribution in [2.45, 2.75) is 24.3 Å². The predicted octanol–water partition coefficient (Wildman–Crippen LogP) is 4.23. The van der Waals surface area contributed by atoms with Gasteiger partial charge in [0, 0.05) is 5.56 Å². The van der Waals surface area contributed by atoms with E-state index in [0.29, 0.717) is 12.4 Å². The number of hydrogen-bond donors (Lipinski definition) is 0. The topological polar surface area (TPSA) is 52.3 Å². The van der Waals surface area contributed by atoms with Gasteiger partial charge in [-0.1, -0.05) is 23.9 Å². The fourth-order valence-corrected chi connectivity index (χ4v) is 3.72. The monoisotopic (exact) mass is 368 g/mol. The quantitative estimate of drug-likeness (QED) is 0.692. The van der Waals surface area contributed by atoms with E-state index < -0.39 is 0 Å². The van der Waals surface area contributed by atoms with Crippen LogP contribution in [0.4, 0.5) is 4.39 Å². The molecule has 7 heteroatoms. The Kier molecular flexibility index (Phi) is 4.46. The van der Waals surface area contributed by atoms with Crippen LogP contribution in [0, 0.1) is 5.82 Å². The highest BCUT2D eigenvalue weighted by Gasteiger charge is 2.26. The Bertz CT molecular complexity index is 951. The fraction of sp³-hybridized carbons (Fsp3) is 0.211.